The van der Waals surface area contributed by atoms with Gasteiger partial charge in [-0.05, 0) is 47.3 Å². The molecule has 128 valence electrons. The van der Waals surface area contributed by atoms with Gasteiger partial charge in [0.25, 0.3) is 0 Å². The predicted molar refractivity (Wildman–Crippen MR) is 94.8 cm³/mol. The minimum Gasteiger partial charge on any atom is -0.300 e. The van der Waals surface area contributed by atoms with E-state index >= 15 is 0 Å². The van der Waals surface area contributed by atoms with Crippen molar-refractivity contribution in [1.29, 1.82) is 0 Å². The fraction of sp³-hybridized carbons (Fsp3) is 0.952. The summed E-state index contributed by atoms with van der Waals surface area (Å²) in [6, 6.07) is 0. The molecular weight excluding hydrogens is 268 g/mol. The molecule has 22 heavy (non-hydrogen) atoms. The molecule has 2 saturated carbocycles. The normalized spacial score (nSPS) is 37.7. The molecule has 0 aliphatic heterocycles. The molecule has 0 unspecified atom stereocenters. The van der Waals surface area contributed by atoms with Crippen LogP contribution in [0.15, 0.2) is 0 Å². The van der Waals surface area contributed by atoms with Crippen molar-refractivity contribution in [1.82, 2.24) is 0 Å². The van der Waals surface area contributed by atoms with E-state index in [0.717, 1.165) is 12.8 Å². The maximum atomic E-state index is 12.8. The summed E-state index contributed by atoms with van der Waals surface area (Å²) >= 11 is 0. The second kappa shape index (κ2) is 6.65. The first-order valence-corrected chi connectivity index (χ1v) is 9.65. The van der Waals surface area contributed by atoms with Crippen molar-refractivity contribution in [2.75, 3.05) is 0 Å². The molecule has 0 radical (unpaired) electrons. The third kappa shape index (κ3) is 3.95. The molecule has 0 aromatic heterocycles. The monoisotopic (exact) mass is 306 g/mol. The lowest BCUT2D eigenvalue weighted by Gasteiger charge is -2.45. The van der Waals surface area contributed by atoms with Crippen LogP contribution in [-0.4, -0.2) is 5.78 Å². The number of hydrogen-bond acceptors (Lipinski definition) is 1. The van der Waals surface area contributed by atoms with Gasteiger partial charge < -0.3 is 0 Å². The highest BCUT2D eigenvalue weighted by Crippen LogP contribution is 2.48. The highest BCUT2D eigenvalue weighted by atomic mass is 16.1. The van der Waals surface area contributed by atoms with E-state index in [2.05, 4.69) is 41.5 Å². The molecule has 0 bridgehead atoms. The fourth-order valence-corrected chi connectivity index (χ4v) is 5.60. The molecule has 0 aromatic rings. The Morgan fingerprint density at radius 3 is 1.50 bits per heavy atom. The van der Waals surface area contributed by atoms with E-state index in [-0.39, 0.29) is 0 Å². The number of rotatable bonds is 4. The third-order valence-electron chi connectivity index (χ3n) is 7.24. The van der Waals surface area contributed by atoms with Gasteiger partial charge in [-0.25, -0.2) is 0 Å². The van der Waals surface area contributed by atoms with Gasteiger partial charge in [0.15, 0.2) is 0 Å². The van der Waals surface area contributed by atoms with E-state index in [1.807, 2.05) is 0 Å². The quantitative estimate of drug-likeness (QED) is 0.599. The van der Waals surface area contributed by atoms with Crippen molar-refractivity contribution in [3.05, 3.63) is 0 Å². The molecule has 2 fully saturated rings. The molecule has 2 aliphatic rings. The van der Waals surface area contributed by atoms with E-state index in [0.29, 0.717) is 40.3 Å². The Hall–Kier alpha value is -0.330. The van der Waals surface area contributed by atoms with Gasteiger partial charge in [-0.3, -0.25) is 4.79 Å². The van der Waals surface area contributed by atoms with Gasteiger partial charge in [0.2, 0.25) is 0 Å². The van der Waals surface area contributed by atoms with Crippen LogP contribution in [-0.2, 0) is 4.79 Å². The summed E-state index contributed by atoms with van der Waals surface area (Å²) in [6.45, 7) is 14.3. The smallest absolute Gasteiger partial charge is 0.133 e. The number of Topliss-reactive ketones (excluding diaryl/α,β-unsaturated/α-hetero) is 1. The predicted octanol–water partition coefficient (Wildman–Crippen LogP) is 6.26. The van der Waals surface area contributed by atoms with Gasteiger partial charge in [0.05, 0.1) is 0 Å². The Morgan fingerprint density at radius 2 is 1.18 bits per heavy atom. The summed E-state index contributed by atoms with van der Waals surface area (Å²) in [7, 11) is 0. The Bertz CT molecular complexity index is 357. The highest BCUT2D eigenvalue weighted by molar-refractivity contribution is 5.79. The molecule has 0 N–H and O–H groups in total. The maximum absolute atomic E-state index is 12.8. The summed E-state index contributed by atoms with van der Waals surface area (Å²) in [6.07, 6.45) is 9.54. The molecule has 2 rings (SSSR count). The van der Waals surface area contributed by atoms with Crippen LogP contribution < -0.4 is 0 Å². The van der Waals surface area contributed by atoms with Crippen LogP contribution in [0.25, 0.3) is 0 Å². The molecular formula is C21H38O. The minimum absolute atomic E-state index is 0.348. The number of hydrogen-bond donors (Lipinski definition) is 0. The summed E-state index contributed by atoms with van der Waals surface area (Å²) in [5.41, 5.74) is 0.696. The molecule has 0 aromatic carbocycles. The number of carbonyl (C=O) groups is 1. The van der Waals surface area contributed by atoms with Crippen molar-refractivity contribution in [3.8, 4) is 0 Å². The maximum Gasteiger partial charge on any atom is 0.133 e. The Labute approximate surface area is 138 Å². The molecule has 0 spiro atoms. The van der Waals surface area contributed by atoms with Gasteiger partial charge in [-0.1, -0.05) is 67.2 Å². The second-order valence-electron chi connectivity index (χ2n) is 9.88. The van der Waals surface area contributed by atoms with Crippen LogP contribution in [0.5, 0.6) is 0 Å². The van der Waals surface area contributed by atoms with Crippen molar-refractivity contribution in [2.45, 2.75) is 92.9 Å². The van der Waals surface area contributed by atoms with E-state index in [4.69, 9.17) is 0 Å². The summed E-state index contributed by atoms with van der Waals surface area (Å²) in [5.74, 6) is 3.15. The van der Waals surface area contributed by atoms with Gasteiger partial charge in [-0.15, -0.1) is 0 Å². The molecule has 0 amide bonds. The first-order chi connectivity index (χ1) is 10.1. The molecule has 1 nitrogen and oxygen atoms in total. The van der Waals surface area contributed by atoms with Crippen LogP contribution in [0.3, 0.4) is 0 Å². The summed E-state index contributed by atoms with van der Waals surface area (Å²) < 4.78 is 0. The SMILES string of the molecule is C[C@H]1CCCC(C)(C)[C@@H]1CC(=O)C[C@@H]1[C@@H](C)CCCC1(C)C. The second-order valence-corrected chi connectivity index (χ2v) is 9.88. The van der Waals surface area contributed by atoms with E-state index in [1.54, 1.807) is 0 Å². The van der Waals surface area contributed by atoms with Crippen LogP contribution >= 0.6 is 0 Å². The third-order valence-corrected chi connectivity index (χ3v) is 7.24. The number of ketones is 1. The van der Waals surface area contributed by atoms with Gasteiger partial charge in [-0.2, -0.15) is 0 Å². The Kier molecular flexibility index (Phi) is 5.45. The van der Waals surface area contributed by atoms with E-state index in [9.17, 15) is 4.79 Å². The van der Waals surface area contributed by atoms with Crippen molar-refractivity contribution >= 4 is 5.78 Å². The lowest BCUT2D eigenvalue weighted by atomic mass is 9.60. The minimum atomic E-state index is 0.348. The number of carbonyl (C=O) groups excluding carboxylic acids is 1. The zero-order valence-corrected chi connectivity index (χ0v) is 15.9. The first-order valence-electron chi connectivity index (χ1n) is 9.65. The van der Waals surface area contributed by atoms with Gasteiger partial charge >= 0.3 is 0 Å². The largest absolute Gasteiger partial charge is 0.300 e. The molecule has 4 atom stereocenters. The standard InChI is InChI=1S/C21H38O/c1-15-9-7-11-20(3,4)18(15)13-17(22)14-19-16(2)10-8-12-21(19,5)6/h15-16,18-19H,7-14H2,1-6H3/t15-,16-,18+,19+/m0/s1. The van der Waals surface area contributed by atoms with E-state index < -0.39 is 0 Å². The molecule has 0 heterocycles. The Balaban J connectivity index is 1.99. The zero-order valence-electron chi connectivity index (χ0n) is 15.9. The van der Waals surface area contributed by atoms with Crippen LogP contribution in [0, 0.1) is 34.5 Å². The average Bonchev–Trinajstić information content (AvgIpc) is 2.38. The first kappa shape index (κ1) is 18.0. The molecule has 2 aliphatic carbocycles. The average molecular weight is 307 g/mol. The van der Waals surface area contributed by atoms with E-state index in [1.165, 1.54) is 38.5 Å². The summed E-state index contributed by atoms with van der Waals surface area (Å²) in [4.78, 5) is 12.8. The van der Waals surface area contributed by atoms with Crippen LogP contribution in [0.1, 0.15) is 92.9 Å². The van der Waals surface area contributed by atoms with Crippen LogP contribution in [0.4, 0.5) is 0 Å². The van der Waals surface area contributed by atoms with Crippen molar-refractivity contribution in [3.63, 3.8) is 0 Å². The highest BCUT2D eigenvalue weighted by Gasteiger charge is 2.41. The molecule has 1 heteroatoms. The fourth-order valence-electron chi connectivity index (χ4n) is 5.60. The Morgan fingerprint density at radius 1 is 0.818 bits per heavy atom. The van der Waals surface area contributed by atoms with Crippen molar-refractivity contribution in [2.24, 2.45) is 34.5 Å². The van der Waals surface area contributed by atoms with Crippen LogP contribution in [0.2, 0.25) is 0 Å². The topological polar surface area (TPSA) is 17.1 Å². The zero-order chi connectivity index (χ0) is 16.5. The lowest BCUT2D eigenvalue weighted by Crippen LogP contribution is -2.38. The van der Waals surface area contributed by atoms with Gasteiger partial charge in [0, 0.05) is 12.8 Å². The lowest BCUT2D eigenvalue weighted by molar-refractivity contribution is -0.125. The van der Waals surface area contributed by atoms with Crippen molar-refractivity contribution < 1.29 is 4.79 Å². The van der Waals surface area contributed by atoms with Gasteiger partial charge in [0.1, 0.15) is 5.78 Å². The molecule has 0 saturated heterocycles. The summed E-state index contributed by atoms with van der Waals surface area (Å²) in [5, 5.41) is 0.